The van der Waals surface area contributed by atoms with Gasteiger partial charge in [-0.05, 0) is 24.1 Å². The Hall–Kier alpha value is -3.09. The number of ether oxygens (including phenoxy) is 1. The highest BCUT2D eigenvalue weighted by Gasteiger charge is 2.23. The van der Waals surface area contributed by atoms with Gasteiger partial charge >= 0.3 is 0 Å². The highest BCUT2D eigenvalue weighted by molar-refractivity contribution is 5.92. The molecule has 0 saturated carbocycles. The molecule has 7 nitrogen and oxygen atoms in total. The van der Waals surface area contributed by atoms with Gasteiger partial charge in [0, 0.05) is 19.4 Å². The maximum Gasteiger partial charge on any atom is 0.272 e. The van der Waals surface area contributed by atoms with Crippen molar-refractivity contribution in [2.24, 2.45) is 13.0 Å². The smallest absolute Gasteiger partial charge is 0.272 e. The Balaban J connectivity index is 1.64. The van der Waals surface area contributed by atoms with Crippen LogP contribution in [0.25, 0.3) is 0 Å². The van der Waals surface area contributed by atoms with E-state index in [1.165, 1.54) is 0 Å². The zero-order chi connectivity index (χ0) is 18.5. The molecule has 0 aliphatic rings. The fraction of sp³-hybridized carbons (Fsp3) is 0.316. The average Bonchev–Trinajstić information content (AvgIpc) is 3.27. The molecule has 0 unspecified atom stereocenters. The number of rotatable bonds is 7. The Labute approximate surface area is 152 Å². The Kier molecular flexibility index (Phi) is 5.36. The second-order valence-electron chi connectivity index (χ2n) is 6.47. The summed E-state index contributed by atoms with van der Waals surface area (Å²) in [6.45, 7) is 4.41. The number of hydrogen-bond donors (Lipinski definition) is 2. The van der Waals surface area contributed by atoms with Crippen LogP contribution in [-0.2, 0) is 13.7 Å². The van der Waals surface area contributed by atoms with Gasteiger partial charge in [-0.2, -0.15) is 5.10 Å². The summed E-state index contributed by atoms with van der Waals surface area (Å²) in [7, 11) is 1.91. The van der Waals surface area contributed by atoms with E-state index in [2.05, 4.69) is 20.5 Å². The largest absolute Gasteiger partial charge is 0.487 e. The number of carbonyl (C=O) groups excluding carboxylic acids is 1. The number of aromatic amines is 1. The van der Waals surface area contributed by atoms with Crippen molar-refractivity contribution in [3.8, 4) is 5.75 Å². The molecule has 136 valence electrons. The van der Waals surface area contributed by atoms with Crippen LogP contribution < -0.4 is 10.1 Å². The van der Waals surface area contributed by atoms with Crippen molar-refractivity contribution in [3.05, 3.63) is 66.0 Å². The van der Waals surface area contributed by atoms with E-state index in [0.29, 0.717) is 12.3 Å². The van der Waals surface area contributed by atoms with E-state index in [1.54, 1.807) is 12.3 Å². The molecule has 0 spiro atoms. The van der Waals surface area contributed by atoms with Crippen molar-refractivity contribution in [3.63, 3.8) is 0 Å². The van der Waals surface area contributed by atoms with Crippen molar-refractivity contribution in [2.75, 3.05) is 0 Å². The first-order chi connectivity index (χ1) is 12.5. The lowest BCUT2D eigenvalue weighted by atomic mass is 10.0. The van der Waals surface area contributed by atoms with Crippen LogP contribution in [0, 0.1) is 5.92 Å². The number of nitrogens with zero attached hydrogens (tertiary/aromatic N) is 3. The summed E-state index contributed by atoms with van der Waals surface area (Å²) >= 11 is 0. The Bertz CT molecular complexity index is 854. The Morgan fingerprint density at radius 1 is 1.31 bits per heavy atom. The molecule has 1 amide bonds. The number of aryl methyl sites for hydroxylation is 1. The number of benzene rings is 1. The number of amides is 1. The molecule has 2 heterocycles. The van der Waals surface area contributed by atoms with Gasteiger partial charge in [0.25, 0.3) is 5.91 Å². The molecule has 0 saturated heterocycles. The molecule has 1 atom stereocenters. The van der Waals surface area contributed by atoms with Crippen molar-refractivity contribution >= 4 is 5.91 Å². The number of H-pyrrole nitrogens is 1. The van der Waals surface area contributed by atoms with Gasteiger partial charge in [0.05, 0.1) is 11.7 Å². The monoisotopic (exact) mass is 353 g/mol. The number of hydrogen-bond acceptors (Lipinski definition) is 4. The van der Waals surface area contributed by atoms with Crippen LogP contribution in [0.3, 0.4) is 0 Å². The quantitative estimate of drug-likeness (QED) is 0.684. The first-order valence-corrected chi connectivity index (χ1v) is 8.55. The molecule has 0 aliphatic heterocycles. The maximum atomic E-state index is 12.6. The molecule has 7 heteroatoms. The van der Waals surface area contributed by atoms with E-state index < -0.39 is 0 Å². The van der Waals surface area contributed by atoms with Gasteiger partial charge in [0.15, 0.2) is 0 Å². The zero-order valence-electron chi connectivity index (χ0n) is 15.1. The normalized spacial score (nSPS) is 12.2. The van der Waals surface area contributed by atoms with E-state index >= 15 is 0 Å². The van der Waals surface area contributed by atoms with Crippen LogP contribution in [-0.4, -0.2) is 25.7 Å². The Morgan fingerprint density at radius 3 is 2.73 bits per heavy atom. The lowest BCUT2D eigenvalue weighted by molar-refractivity contribution is 0.0917. The highest BCUT2D eigenvalue weighted by Crippen LogP contribution is 2.20. The van der Waals surface area contributed by atoms with Crippen LogP contribution >= 0.6 is 0 Å². The van der Waals surface area contributed by atoms with Crippen LogP contribution in [0.5, 0.6) is 5.75 Å². The van der Waals surface area contributed by atoms with E-state index in [1.807, 2.05) is 62.0 Å². The minimum atomic E-state index is -0.242. The first kappa shape index (κ1) is 17.7. The maximum absolute atomic E-state index is 12.6. The molecule has 0 fully saturated rings. The van der Waals surface area contributed by atoms with Gasteiger partial charge in [0.1, 0.15) is 23.9 Å². The van der Waals surface area contributed by atoms with Gasteiger partial charge in [-0.3, -0.25) is 9.89 Å². The summed E-state index contributed by atoms with van der Waals surface area (Å²) in [5, 5.41) is 9.97. The predicted octanol–water partition coefficient (Wildman–Crippen LogP) is 2.85. The van der Waals surface area contributed by atoms with Crippen molar-refractivity contribution < 1.29 is 9.53 Å². The summed E-state index contributed by atoms with van der Waals surface area (Å²) in [5.41, 5.74) is 1.06. The summed E-state index contributed by atoms with van der Waals surface area (Å²) in [6, 6.07) is 11.0. The fourth-order valence-corrected chi connectivity index (χ4v) is 2.65. The molecule has 2 N–H and O–H groups in total. The van der Waals surface area contributed by atoms with Crippen LogP contribution in [0.1, 0.15) is 41.9 Å². The third-order valence-electron chi connectivity index (χ3n) is 4.09. The van der Waals surface area contributed by atoms with Crippen molar-refractivity contribution in [1.82, 2.24) is 25.1 Å². The van der Waals surface area contributed by atoms with Crippen molar-refractivity contribution in [1.29, 1.82) is 0 Å². The summed E-state index contributed by atoms with van der Waals surface area (Å²) in [4.78, 5) is 16.9. The molecule has 1 aromatic carbocycles. The number of carbonyl (C=O) groups is 1. The molecule has 0 bridgehead atoms. The second-order valence-corrected chi connectivity index (χ2v) is 6.47. The van der Waals surface area contributed by atoms with Crippen LogP contribution in [0.15, 0.2) is 48.8 Å². The topological polar surface area (TPSA) is 84.8 Å². The van der Waals surface area contributed by atoms with Gasteiger partial charge in [0.2, 0.25) is 0 Å². The third-order valence-corrected chi connectivity index (χ3v) is 4.09. The molecule has 2 aromatic heterocycles. The van der Waals surface area contributed by atoms with E-state index in [4.69, 9.17) is 4.74 Å². The standard InChI is InChI=1S/C19H23N5O2/c1-13(2)17(18-20-9-10-24(18)3)21-19(25)16-11-14(22-23-16)12-26-15-7-5-4-6-8-15/h4-11,13,17H,12H2,1-3H3,(H,21,25)(H,22,23)/t17-/m0/s1. The SMILES string of the molecule is CC(C)[C@H](NC(=O)c1cc(COc2ccccc2)[nH]n1)c1nccn1C. The van der Waals surface area contributed by atoms with Gasteiger partial charge < -0.3 is 14.6 Å². The van der Waals surface area contributed by atoms with Crippen LogP contribution in [0.4, 0.5) is 0 Å². The van der Waals surface area contributed by atoms with Gasteiger partial charge in [-0.15, -0.1) is 0 Å². The molecule has 0 aliphatic carbocycles. The Morgan fingerprint density at radius 2 is 2.08 bits per heavy atom. The molecular formula is C19H23N5O2. The number of nitrogens with one attached hydrogen (secondary N) is 2. The minimum Gasteiger partial charge on any atom is -0.487 e. The molecule has 3 rings (SSSR count). The van der Waals surface area contributed by atoms with E-state index in [0.717, 1.165) is 17.3 Å². The summed E-state index contributed by atoms with van der Waals surface area (Å²) < 4.78 is 7.57. The van der Waals surface area contributed by atoms with Gasteiger partial charge in [-0.1, -0.05) is 32.0 Å². The number of para-hydroxylation sites is 1. The highest BCUT2D eigenvalue weighted by atomic mass is 16.5. The lowest BCUT2D eigenvalue weighted by Gasteiger charge is -2.21. The lowest BCUT2D eigenvalue weighted by Crippen LogP contribution is -2.33. The zero-order valence-corrected chi connectivity index (χ0v) is 15.1. The fourth-order valence-electron chi connectivity index (χ4n) is 2.65. The summed E-state index contributed by atoms with van der Waals surface area (Å²) in [6.07, 6.45) is 3.59. The van der Waals surface area contributed by atoms with Crippen molar-refractivity contribution in [2.45, 2.75) is 26.5 Å². The minimum absolute atomic E-state index is 0.191. The van der Waals surface area contributed by atoms with Crippen LogP contribution in [0.2, 0.25) is 0 Å². The van der Waals surface area contributed by atoms with E-state index in [9.17, 15) is 4.79 Å². The van der Waals surface area contributed by atoms with E-state index in [-0.39, 0.29) is 17.9 Å². The molecular weight excluding hydrogens is 330 g/mol. The molecule has 0 radical (unpaired) electrons. The summed E-state index contributed by atoms with van der Waals surface area (Å²) in [5.74, 6) is 1.54. The predicted molar refractivity (Wildman–Crippen MR) is 97.6 cm³/mol. The number of imidazole rings is 1. The first-order valence-electron chi connectivity index (χ1n) is 8.55. The number of aromatic nitrogens is 4. The molecule has 3 aromatic rings. The average molecular weight is 353 g/mol. The second kappa shape index (κ2) is 7.86. The molecule has 26 heavy (non-hydrogen) atoms. The third kappa shape index (κ3) is 4.11. The van der Waals surface area contributed by atoms with Gasteiger partial charge in [-0.25, -0.2) is 4.98 Å².